The lowest BCUT2D eigenvalue weighted by molar-refractivity contribution is -0.120. The molecule has 1 N–H and O–H groups in total. The molecule has 2 atom stereocenters. The molecule has 2 heterocycles. The Balaban J connectivity index is 1.82. The van der Waals surface area contributed by atoms with Crippen LogP contribution in [0.3, 0.4) is 0 Å². The van der Waals surface area contributed by atoms with Crippen LogP contribution in [-0.4, -0.2) is 31.5 Å². The SMILES string of the molecule is CCCC[C@@H](C(=O)CS)n1cc([C@@](C)(NCc2ccc3ncccc3c2)C(C)C)nn1. The van der Waals surface area contributed by atoms with Crippen molar-refractivity contribution in [3.63, 3.8) is 0 Å². The summed E-state index contributed by atoms with van der Waals surface area (Å²) in [5.41, 5.74) is 2.64. The minimum Gasteiger partial charge on any atom is -0.302 e. The fourth-order valence-electron chi connectivity index (χ4n) is 3.72. The Morgan fingerprint density at radius 2 is 2.10 bits per heavy atom. The predicted molar refractivity (Wildman–Crippen MR) is 128 cm³/mol. The number of carbonyl (C=O) groups is 1. The number of hydrogen-bond donors (Lipinski definition) is 2. The number of unbranched alkanes of at least 4 members (excludes halogenated alkanes) is 1. The first kappa shape index (κ1) is 23.4. The summed E-state index contributed by atoms with van der Waals surface area (Å²) in [4.78, 5) is 16.8. The lowest BCUT2D eigenvalue weighted by Gasteiger charge is -2.33. The van der Waals surface area contributed by atoms with E-state index < -0.39 is 0 Å². The molecule has 0 amide bonds. The van der Waals surface area contributed by atoms with Crippen molar-refractivity contribution >= 4 is 29.3 Å². The van der Waals surface area contributed by atoms with Gasteiger partial charge in [0.1, 0.15) is 11.7 Å². The van der Waals surface area contributed by atoms with Crippen LogP contribution >= 0.6 is 12.6 Å². The third-order valence-corrected chi connectivity index (χ3v) is 6.51. The fraction of sp³-hybridized carbons (Fsp3) is 0.500. The number of hydrogen-bond acceptors (Lipinski definition) is 6. The molecule has 0 saturated heterocycles. The zero-order valence-corrected chi connectivity index (χ0v) is 19.8. The normalized spacial score (nSPS) is 14.6. The number of fused-ring (bicyclic) bond motifs is 1. The van der Waals surface area contributed by atoms with E-state index in [-0.39, 0.29) is 29.0 Å². The lowest BCUT2D eigenvalue weighted by atomic mass is 9.85. The van der Waals surface area contributed by atoms with Gasteiger partial charge in [0.15, 0.2) is 5.78 Å². The summed E-state index contributed by atoms with van der Waals surface area (Å²) in [5, 5.41) is 13.7. The molecule has 7 heteroatoms. The number of pyridine rings is 1. The molecule has 3 rings (SSSR count). The molecule has 6 nitrogen and oxygen atoms in total. The molecular formula is C24H33N5OS. The highest BCUT2D eigenvalue weighted by Crippen LogP contribution is 2.29. The maximum Gasteiger partial charge on any atom is 0.166 e. The number of nitrogens with one attached hydrogen (secondary N) is 1. The standard InChI is InChI=1S/C24H33N5OS/c1-5-6-9-21(22(30)16-31)29-15-23(27-28-29)24(4,17(2)3)26-14-18-10-11-20-19(13-18)8-7-12-25-20/h7-8,10-13,15,17,21,26,31H,5-6,9,14,16H2,1-4H3/t21-,24-/m0/s1. The molecule has 0 aliphatic carbocycles. The van der Waals surface area contributed by atoms with Crippen molar-refractivity contribution in [3.05, 3.63) is 54.0 Å². The number of benzene rings is 1. The minimum atomic E-state index is -0.387. The smallest absolute Gasteiger partial charge is 0.166 e. The van der Waals surface area contributed by atoms with E-state index in [0.29, 0.717) is 6.54 Å². The Hall–Kier alpha value is -2.25. The Morgan fingerprint density at radius 1 is 1.29 bits per heavy atom. The van der Waals surface area contributed by atoms with Crippen molar-refractivity contribution in [1.29, 1.82) is 0 Å². The average molecular weight is 440 g/mol. The number of aromatic nitrogens is 4. The molecule has 0 saturated carbocycles. The molecule has 2 aromatic heterocycles. The van der Waals surface area contributed by atoms with Crippen molar-refractivity contribution in [2.75, 3.05) is 5.75 Å². The fourth-order valence-corrected chi connectivity index (χ4v) is 3.93. The van der Waals surface area contributed by atoms with Gasteiger partial charge in [-0.2, -0.15) is 12.6 Å². The number of Topliss-reactive ketones (excluding diaryl/α,β-unsaturated/α-hetero) is 1. The molecule has 3 aromatic rings. The molecule has 0 fully saturated rings. The second-order valence-corrected chi connectivity index (χ2v) is 8.92. The second-order valence-electron chi connectivity index (χ2n) is 8.61. The van der Waals surface area contributed by atoms with Gasteiger partial charge in [-0.05, 0) is 43.0 Å². The average Bonchev–Trinajstić information content (AvgIpc) is 3.27. The van der Waals surface area contributed by atoms with Crippen LogP contribution in [0.4, 0.5) is 0 Å². The maximum absolute atomic E-state index is 12.4. The number of ketones is 1. The van der Waals surface area contributed by atoms with E-state index >= 15 is 0 Å². The molecule has 0 aliphatic rings. The van der Waals surface area contributed by atoms with E-state index in [1.54, 1.807) is 4.68 Å². The molecule has 0 spiro atoms. The van der Waals surface area contributed by atoms with Gasteiger partial charge in [0.2, 0.25) is 0 Å². The van der Waals surface area contributed by atoms with Gasteiger partial charge in [-0.25, -0.2) is 4.68 Å². The van der Waals surface area contributed by atoms with Crippen LogP contribution in [0.25, 0.3) is 10.9 Å². The Kier molecular flexibility index (Phi) is 7.84. The van der Waals surface area contributed by atoms with E-state index in [9.17, 15) is 4.79 Å². The lowest BCUT2D eigenvalue weighted by Crippen LogP contribution is -2.44. The van der Waals surface area contributed by atoms with E-state index in [1.807, 2.05) is 18.5 Å². The maximum atomic E-state index is 12.4. The van der Waals surface area contributed by atoms with Crippen molar-refractivity contribution < 1.29 is 4.79 Å². The zero-order chi connectivity index (χ0) is 22.4. The molecule has 0 radical (unpaired) electrons. The first-order valence-corrected chi connectivity index (χ1v) is 11.7. The van der Waals surface area contributed by atoms with Crippen LogP contribution in [0.1, 0.15) is 64.3 Å². The van der Waals surface area contributed by atoms with Crippen LogP contribution < -0.4 is 5.32 Å². The first-order valence-electron chi connectivity index (χ1n) is 11.0. The number of rotatable bonds is 11. The quantitative estimate of drug-likeness (QED) is 0.423. The predicted octanol–water partition coefficient (Wildman–Crippen LogP) is 4.72. The summed E-state index contributed by atoms with van der Waals surface area (Å²) >= 11 is 4.20. The van der Waals surface area contributed by atoms with Gasteiger partial charge in [-0.3, -0.25) is 9.78 Å². The monoisotopic (exact) mass is 439 g/mol. The number of nitrogens with zero attached hydrogens (tertiary/aromatic N) is 4. The molecule has 166 valence electrons. The molecular weight excluding hydrogens is 406 g/mol. The van der Waals surface area contributed by atoms with Gasteiger partial charge in [-0.15, -0.1) is 5.10 Å². The molecule has 0 aliphatic heterocycles. The van der Waals surface area contributed by atoms with E-state index in [0.717, 1.165) is 35.9 Å². The Labute approximate surface area is 190 Å². The second kappa shape index (κ2) is 10.4. The van der Waals surface area contributed by atoms with Crippen LogP contribution in [0.5, 0.6) is 0 Å². The van der Waals surface area contributed by atoms with Crippen LogP contribution in [0.2, 0.25) is 0 Å². The van der Waals surface area contributed by atoms with Crippen LogP contribution in [0.15, 0.2) is 42.7 Å². The summed E-state index contributed by atoms with van der Waals surface area (Å²) in [6.45, 7) is 9.31. The van der Waals surface area contributed by atoms with Gasteiger partial charge in [0.05, 0.1) is 23.0 Å². The summed E-state index contributed by atoms with van der Waals surface area (Å²) in [5.74, 6) is 0.562. The van der Waals surface area contributed by atoms with Gasteiger partial charge in [0, 0.05) is 18.1 Å². The Bertz CT molecular complexity index is 1020. The molecule has 1 aromatic carbocycles. The van der Waals surface area contributed by atoms with Crippen molar-refractivity contribution in [3.8, 4) is 0 Å². The van der Waals surface area contributed by atoms with Crippen molar-refractivity contribution in [2.45, 2.75) is 65.1 Å². The van der Waals surface area contributed by atoms with Crippen LogP contribution in [0, 0.1) is 5.92 Å². The third kappa shape index (κ3) is 5.33. The highest BCUT2D eigenvalue weighted by Gasteiger charge is 2.34. The summed E-state index contributed by atoms with van der Waals surface area (Å²) in [6.07, 6.45) is 6.50. The van der Waals surface area contributed by atoms with Crippen molar-refractivity contribution in [2.24, 2.45) is 5.92 Å². The first-order chi connectivity index (χ1) is 14.9. The molecule has 0 bridgehead atoms. The van der Waals surface area contributed by atoms with Gasteiger partial charge in [0.25, 0.3) is 0 Å². The Morgan fingerprint density at radius 3 is 2.81 bits per heavy atom. The largest absolute Gasteiger partial charge is 0.302 e. The topological polar surface area (TPSA) is 72.7 Å². The van der Waals surface area contributed by atoms with Gasteiger partial charge >= 0.3 is 0 Å². The highest BCUT2D eigenvalue weighted by molar-refractivity contribution is 7.81. The minimum absolute atomic E-state index is 0.0808. The number of thiol groups is 1. The van der Waals surface area contributed by atoms with Crippen LogP contribution in [-0.2, 0) is 16.9 Å². The van der Waals surface area contributed by atoms with E-state index in [4.69, 9.17) is 0 Å². The molecule has 0 unspecified atom stereocenters. The highest BCUT2D eigenvalue weighted by atomic mass is 32.1. The molecule has 31 heavy (non-hydrogen) atoms. The summed E-state index contributed by atoms with van der Waals surface area (Å²) in [7, 11) is 0. The zero-order valence-electron chi connectivity index (χ0n) is 18.9. The third-order valence-electron chi connectivity index (χ3n) is 6.20. The summed E-state index contributed by atoms with van der Waals surface area (Å²) < 4.78 is 1.73. The van der Waals surface area contributed by atoms with Gasteiger partial charge in [-0.1, -0.05) is 51.0 Å². The van der Waals surface area contributed by atoms with Crippen molar-refractivity contribution in [1.82, 2.24) is 25.3 Å². The summed E-state index contributed by atoms with van der Waals surface area (Å²) in [6, 6.07) is 10.1. The number of carbonyl (C=O) groups excluding carboxylic acids is 1. The van der Waals surface area contributed by atoms with E-state index in [2.05, 4.69) is 85.2 Å². The van der Waals surface area contributed by atoms with Gasteiger partial charge < -0.3 is 5.32 Å². The van der Waals surface area contributed by atoms with E-state index in [1.165, 1.54) is 5.56 Å².